The van der Waals surface area contributed by atoms with E-state index < -0.39 is 6.14 Å². The molecule has 0 bridgehead atoms. The quantitative estimate of drug-likeness (QED) is 0.568. The smallest absolute Gasteiger partial charge is 0.382 e. The Morgan fingerprint density at radius 1 is 1.57 bits per heavy atom. The van der Waals surface area contributed by atoms with E-state index in [1.165, 1.54) is 12.1 Å². The van der Waals surface area contributed by atoms with E-state index in [0.717, 1.165) is 0 Å². The Morgan fingerprint density at radius 2 is 2.36 bits per heavy atom. The Bertz CT molecular complexity index is 495. The number of oxazole rings is 1. The summed E-state index contributed by atoms with van der Waals surface area (Å²) >= 11 is 5.39. The predicted octanol–water partition coefficient (Wildman–Crippen LogP) is 2.39. The number of fused-ring (bicyclic) bond motifs is 1. The highest BCUT2D eigenvalue weighted by Crippen LogP contribution is 2.19. The maximum absolute atomic E-state index is 12.6. The second-order valence-corrected chi connectivity index (χ2v) is 2.94. The van der Waals surface area contributed by atoms with Crippen molar-refractivity contribution in [1.29, 1.82) is 0 Å². The fourth-order valence-electron chi connectivity index (χ4n) is 1.22. The van der Waals surface area contributed by atoms with Crippen LogP contribution in [0.1, 0.15) is 10.4 Å². The Balaban J connectivity index is 2.70. The fourth-order valence-corrected chi connectivity index (χ4v) is 1.36. The van der Waals surface area contributed by atoms with Crippen LogP contribution in [0.5, 0.6) is 0 Å². The molecule has 0 radical (unpaired) electrons. The number of benzene rings is 1. The van der Waals surface area contributed by atoms with Gasteiger partial charge in [0.2, 0.25) is 0 Å². The molecule has 1 aromatic heterocycles. The zero-order valence-electron chi connectivity index (χ0n) is 6.96. The van der Waals surface area contributed by atoms with Crippen LogP contribution in [0.25, 0.3) is 11.1 Å². The lowest BCUT2D eigenvalue weighted by atomic mass is 10.1. The molecule has 1 aromatic carbocycles. The standard InChI is InChI=1S/C9H5ClFNO2/c10-4-6(13)5-2-1-3-7-8(5)12-9(11)14-7/h1-3H,4H2. The summed E-state index contributed by atoms with van der Waals surface area (Å²) in [5, 5.41) is 0. The molecule has 0 amide bonds. The Hall–Kier alpha value is -1.42. The van der Waals surface area contributed by atoms with Crippen molar-refractivity contribution >= 4 is 28.5 Å². The molecule has 72 valence electrons. The summed E-state index contributed by atoms with van der Waals surface area (Å²) in [5.74, 6) is -0.460. The lowest BCUT2D eigenvalue weighted by Gasteiger charge is -1.95. The van der Waals surface area contributed by atoms with Crippen molar-refractivity contribution in [2.24, 2.45) is 0 Å². The van der Waals surface area contributed by atoms with Crippen molar-refractivity contribution in [1.82, 2.24) is 4.98 Å². The van der Waals surface area contributed by atoms with E-state index >= 15 is 0 Å². The summed E-state index contributed by atoms with van der Waals surface area (Å²) in [7, 11) is 0. The normalized spacial score (nSPS) is 10.7. The number of hydrogen-bond acceptors (Lipinski definition) is 3. The molecule has 0 aliphatic carbocycles. The monoisotopic (exact) mass is 213 g/mol. The van der Waals surface area contributed by atoms with Gasteiger partial charge in [-0.15, -0.1) is 16.0 Å². The molecule has 0 aliphatic rings. The van der Waals surface area contributed by atoms with Gasteiger partial charge in [-0.1, -0.05) is 6.07 Å². The minimum atomic E-state index is -0.949. The summed E-state index contributed by atoms with van der Waals surface area (Å²) in [5.41, 5.74) is 0.749. The van der Waals surface area contributed by atoms with Crippen LogP contribution in [0.15, 0.2) is 22.6 Å². The first-order valence-corrected chi connectivity index (χ1v) is 4.40. The van der Waals surface area contributed by atoms with Crippen LogP contribution in [0.2, 0.25) is 0 Å². The van der Waals surface area contributed by atoms with E-state index in [-0.39, 0.29) is 28.3 Å². The lowest BCUT2D eigenvalue weighted by molar-refractivity contribution is 0.102. The molecular formula is C9H5ClFNO2. The molecule has 0 N–H and O–H groups in total. The topological polar surface area (TPSA) is 43.1 Å². The van der Waals surface area contributed by atoms with E-state index in [9.17, 15) is 9.18 Å². The van der Waals surface area contributed by atoms with Crippen molar-refractivity contribution in [2.75, 3.05) is 5.88 Å². The highest BCUT2D eigenvalue weighted by molar-refractivity contribution is 6.31. The Kier molecular flexibility index (Phi) is 2.21. The maximum atomic E-state index is 12.6. The highest BCUT2D eigenvalue weighted by atomic mass is 35.5. The molecule has 0 atom stereocenters. The summed E-state index contributed by atoms with van der Waals surface area (Å²) in [6.07, 6.45) is -0.949. The molecule has 5 heteroatoms. The minimum absolute atomic E-state index is 0.159. The summed E-state index contributed by atoms with van der Waals surface area (Å²) in [4.78, 5) is 14.8. The molecule has 0 saturated carbocycles. The average molecular weight is 214 g/mol. The molecule has 0 aliphatic heterocycles. The predicted molar refractivity (Wildman–Crippen MR) is 49.0 cm³/mol. The van der Waals surface area contributed by atoms with Crippen LogP contribution >= 0.6 is 11.6 Å². The number of nitrogens with zero attached hydrogens (tertiary/aromatic N) is 1. The third-order valence-electron chi connectivity index (χ3n) is 1.81. The number of Topliss-reactive ketones (excluding diaryl/α,β-unsaturated/α-hetero) is 1. The Labute approximate surface area is 83.5 Å². The maximum Gasteiger partial charge on any atom is 0.382 e. The van der Waals surface area contributed by atoms with E-state index in [1.807, 2.05) is 0 Å². The zero-order valence-corrected chi connectivity index (χ0v) is 7.71. The van der Waals surface area contributed by atoms with Crippen molar-refractivity contribution in [2.45, 2.75) is 0 Å². The van der Waals surface area contributed by atoms with Gasteiger partial charge < -0.3 is 4.42 Å². The number of carbonyl (C=O) groups is 1. The number of para-hydroxylation sites is 1. The number of alkyl halides is 1. The second-order valence-electron chi connectivity index (χ2n) is 2.68. The van der Waals surface area contributed by atoms with E-state index in [1.54, 1.807) is 6.07 Å². The number of halogens is 2. The van der Waals surface area contributed by atoms with Gasteiger partial charge in [0.25, 0.3) is 0 Å². The molecule has 0 spiro atoms. The van der Waals surface area contributed by atoms with Crippen LogP contribution < -0.4 is 0 Å². The average Bonchev–Trinajstić information content (AvgIpc) is 2.56. The first-order chi connectivity index (χ1) is 6.72. The van der Waals surface area contributed by atoms with Crippen molar-refractivity contribution in [3.05, 3.63) is 29.9 Å². The summed E-state index contributed by atoms with van der Waals surface area (Å²) in [6, 6.07) is 4.66. The molecule has 0 unspecified atom stereocenters. The molecule has 2 aromatic rings. The number of ketones is 1. The lowest BCUT2D eigenvalue weighted by Crippen LogP contribution is -2.00. The fraction of sp³-hybridized carbons (Fsp3) is 0.111. The molecule has 0 saturated heterocycles. The van der Waals surface area contributed by atoms with Crippen molar-refractivity contribution < 1.29 is 13.6 Å². The van der Waals surface area contributed by atoms with Crippen molar-refractivity contribution in [3.8, 4) is 0 Å². The van der Waals surface area contributed by atoms with Gasteiger partial charge in [-0.3, -0.25) is 4.79 Å². The van der Waals surface area contributed by atoms with Gasteiger partial charge in [0, 0.05) is 5.56 Å². The van der Waals surface area contributed by atoms with Gasteiger partial charge in [-0.2, -0.15) is 4.98 Å². The molecule has 2 rings (SSSR count). The van der Waals surface area contributed by atoms with Crippen LogP contribution in [-0.4, -0.2) is 16.6 Å². The van der Waals surface area contributed by atoms with Gasteiger partial charge in [-0.25, -0.2) is 0 Å². The third-order valence-corrected chi connectivity index (χ3v) is 2.06. The van der Waals surface area contributed by atoms with Gasteiger partial charge in [0.1, 0.15) is 5.52 Å². The van der Waals surface area contributed by atoms with Crippen LogP contribution in [0, 0.1) is 6.14 Å². The van der Waals surface area contributed by atoms with E-state index in [2.05, 4.69) is 9.40 Å². The third kappa shape index (κ3) is 1.37. The molecule has 0 fully saturated rings. The van der Waals surface area contributed by atoms with Crippen LogP contribution in [-0.2, 0) is 0 Å². The number of hydrogen-bond donors (Lipinski definition) is 0. The summed E-state index contributed by atoms with van der Waals surface area (Å²) in [6.45, 7) is 0. The molecular weight excluding hydrogens is 209 g/mol. The number of aromatic nitrogens is 1. The Morgan fingerprint density at radius 3 is 3.07 bits per heavy atom. The van der Waals surface area contributed by atoms with E-state index in [0.29, 0.717) is 0 Å². The number of carbonyl (C=O) groups excluding carboxylic acids is 1. The largest absolute Gasteiger partial charge is 0.415 e. The minimum Gasteiger partial charge on any atom is -0.415 e. The highest BCUT2D eigenvalue weighted by Gasteiger charge is 2.13. The molecule has 14 heavy (non-hydrogen) atoms. The first-order valence-electron chi connectivity index (χ1n) is 3.86. The van der Waals surface area contributed by atoms with Crippen LogP contribution in [0.4, 0.5) is 4.39 Å². The molecule has 1 heterocycles. The molecule has 3 nitrogen and oxygen atoms in total. The van der Waals surface area contributed by atoms with Gasteiger partial charge >= 0.3 is 6.14 Å². The van der Waals surface area contributed by atoms with Gasteiger partial charge in [-0.05, 0) is 12.1 Å². The van der Waals surface area contributed by atoms with Gasteiger partial charge in [0.15, 0.2) is 11.4 Å². The second kappa shape index (κ2) is 3.38. The van der Waals surface area contributed by atoms with Crippen molar-refractivity contribution in [3.63, 3.8) is 0 Å². The SMILES string of the molecule is O=C(CCl)c1cccc2oc(F)nc12. The number of rotatable bonds is 2. The summed E-state index contributed by atoms with van der Waals surface area (Å²) < 4.78 is 17.3. The van der Waals surface area contributed by atoms with Gasteiger partial charge in [0.05, 0.1) is 5.88 Å². The first kappa shape index (κ1) is 9.15. The zero-order chi connectivity index (χ0) is 10.1. The van der Waals surface area contributed by atoms with E-state index in [4.69, 9.17) is 11.6 Å². The van der Waals surface area contributed by atoms with Crippen LogP contribution in [0.3, 0.4) is 0 Å².